The van der Waals surface area contributed by atoms with Crippen molar-refractivity contribution in [3.8, 4) is 23.1 Å². The quantitative estimate of drug-likeness (QED) is 0.285. The Balaban J connectivity index is 1.61. The second-order valence-electron chi connectivity index (χ2n) is 10.3. The number of benzene rings is 2. The van der Waals surface area contributed by atoms with Crippen LogP contribution in [0, 0.1) is 17.2 Å². The Morgan fingerprint density at radius 2 is 1.90 bits per heavy atom. The average Bonchev–Trinajstić information content (AvgIpc) is 3.79. The highest BCUT2D eigenvalue weighted by Crippen LogP contribution is 2.35. The van der Waals surface area contributed by atoms with Crippen LogP contribution in [0.15, 0.2) is 81.4 Å². The molecule has 0 spiro atoms. The van der Waals surface area contributed by atoms with E-state index in [1.165, 1.54) is 22.9 Å². The molecule has 11 heteroatoms. The van der Waals surface area contributed by atoms with Gasteiger partial charge in [-0.2, -0.15) is 10.2 Å². The third-order valence-electron chi connectivity index (χ3n) is 7.37. The van der Waals surface area contributed by atoms with Crippen molar-refractivity contribution in [3.05, 3.63) is 99.9 Å². The number of aromatic nitrogens is 3. The van der Waals surface area contributed by atoms with E-state index in [0.717, 1.165) is 12.8 Å². The van der Waals surface area contributed by atoms with Gasteiger partial charge in [-0.1, -0.05) is 37.3 Å². The zero-order chi connectivity index (χ0) is 30.0. The summed E-state index contributed by atoms with van der Waals surface area (Å²) >= 11 is 0. The van der Waals surface area contributed by atoms with E-state index in [2.05, 4.69) is 16.0 Å². The van der Waals surface area contributed by atoms with E-state index in [0.29, 0.717) is 52.5 Å². The molecule has 1 amide bonds. The molecule has 1 aliphatic rings. The molecule has 2 heterocycles. The number of hydrogen-bond acceptors (Lipinski definition) is 8. The highest BCUT2D eigenvalue weighted by molar-refractivity contribution is 7.91. The topological polar surface area (TPSA) is 169 Å². The van der Waals surface area contributed by atoms with Crippen molar-refractivity contribution in [1.29, 1.82) is 5.26 Å². The van der Waals surface area contributed by atoms with Gasteiger partial charge >= 0.3 is 0 Å². The number of hydrogen-bond donors (Lipinski definition) is 2. The molecule has 10 nitrogen and oxygen atoms in total. The minimum atomic E-state index is -4.51. The number of aromatic hydroxyl groups is 1. The maximum atomic E-state index is 14.1. The Bertz CT molecular complexity index is 1870. The number of nitrogens with two attached hydrogens (primary N) is 1. The molecular weight excluding hydrogens is 554 g/mol. The first kappa shape index (κ1) is 28.7. The molecule has 4 aromatic rings. The first-order chi connectivity index (χ1) is 20.1. The molecule has 2 aromatic heterocycles. The summed E-state index contributed by atoms with van der Waals surface area (Å²) in [5.41, 5.74) is 7.22. The van der Waals surface area contributed by atoms with Gasteiger partial charge in [-0.3, -0.25) is 19.1 Å². The summed E-state index contributed by atoms with van der Waals surface area (Å²) in [7, 11) is -4.51. The van der Waals surface area contributed by atoms with Crippen LogP contribution in [0.4, 0.5) is 0 Å². The van der Waals surface area contributed by atoms with Crippen LogP contribution in [0.3, 0.4) is 0 Å². The summed E-state index contributed by atoms with van der Waals surface area (Å²) in [6.07, 6.45) is 4.22. The number of nitriles is 1. The summed E-state index contributed by atoms with van der Waals surface area (Å²) in [5.74, 6) is -0.787. The molecule has 0 radical (unpaired) electrons. The van der Waals surface area contributed by atoms with Gasteiger partial charge in [-0.15, -0.1) is 0 Å². The Hall–Kier alpha value is -4.82. The monoisotopic (exact) mass is 583 g/mol. The van der Waals surface area contributed by atoms with Crippen molar-refractivity contribution in [1.82, 2.24) is 14.5 Å². The average molecular weight is 584 g/mol. The van der Waals surface area contributed by atoms with Gasteiger partial charge in [0.15, 0.2) is 4.90 Å². The van der Waals surface area contributed by atoms with E-state index in [-0.39, 0.29) is 11.3 Å². The SMILES string of the molecule is CC[C@@H](c1cccc(C#N)c1)n1c(CC2CC2)nc(O)c(S(=O)(=O)c2ccc(-c3cccnc3CC(N)=O)cc2)c1=O. The third-order valence-corrected chi connectivity index (χ3v) is 9.16. The Kier molecular flexibility index (Phi) is 7.91. The van der Waals surface area contributed by atoms with Gasteiger partial charge in [0.2, 0.25) is 21.6 Å². The first-order valence-corrected chi connectivity index (χ1v) is 15.0. The lowest BCUT2D eigenvalue weighted by molar-refractivity contribution is -0.117. The third kappa shape index (κ3) is 5.66. The van der Waals surface area contributed by atoms with Gasteiger partial charge in [-0.25, -0.2) is 8.42 Å². The molecule has 1 aliphatic carbocycles. The Labute approximate surface area is 243 Å². The summed E-state index contributed by atoms with van der Waals surface area (Å²) in [6, 6.07) is 17.5. The fraction of sp³-hybridized carbons (Fsp3) is 0.258. The van der Waals surface area contributed by atoms with Gasteiger partial charge in [0.25, 0.3) is 5.56 Å². The molecule has 0 unspecified atom stereocenters. The molecule has 1 atom stereocenters. The van der Waals surface area contributed by atoms with Crippen molar-refractivity contribution in [3.63, 3.8) is 0 Å². The van der Waals surface area contributed by atoms with E-state index in [9.17, 15) is 28.4 Å². The smallest absolute Gasteiger partial charge is 0.277 e. The summed E-state index contributed by atoms with van der Waals surface area (Å²) in [5, 5.41) is 20.3. The highest BCUT2D eigenvalue weighted by atomic mass is 32.2. The van der Waals surface area contributed by atoms with Gasteiger partial charge in [0.1, 0.15) is 5.82 Å². The van der Waals surface area contributed by atoms with E-state index in [1.54, 1.807) is 48.5 Å². The van der Waals surface area contributed by atoms with Crippen molar-refractivity contribution >= 4 is 15.7 Å². The maximum absolute atomic E-state index is 14.1. The molecule has 42 heavy (non-hydrogen) atoms. The number of nitrogens with zero attached hydrogens (tertiary/aromatic N) is 4. The second kappa shape index (κ2) is 11.6. The standard InChI is InChI=1S/C31H29N5O5S/c1-2-26(22-6-3-5-20(15-22)18-32)36-28(16-19-8-9-19)35-30(38)29(31(36)39)42(40,41)23-12-10-21(11-13-23)24-7-4-14-34-25(24)17-27(33)37/h3-7,10-15,19,26,38H,2,8-9,16-17H2,1H3,(H2,33,37)/t26-/m0/s1. The van der Waals surface area contributed by atoms with Crippen LogP contribution in [0.1, 0.15) is 54.9 Å². The van der Waals surface area contributed by atoms with E-state index in [1.807, 2.05) is 6.92 Å². The predicted molar refractivity (Wildman–Crippen MR) is 154 cm³/mol. The number of amides is 1. The summed E-state index contributed by atoms with van der Waals surface area (Å²) in [4.78, 5) is 33.0. The highest BCUT2D eigenvalue weighted by Gasteiger charge is 2.33. The molecule has 5 rings (SSSR count). The molecule has 0 saturated heterocycles. The largest absolute Gasteiger partial charge is 0.492 e. The molecule has 1 saturated carbocycles. The molecule has 0 aliphatic heterocycles. The fourth-order valence-electron chi connectivity index (χ4n) is 5.15. The molecule has 3 N–H and O–H groups in total. The van der Waals surface area contributed by atoms with Crippen LogP contribution in [0.25, 0.3) is 11.1 Å². The number of primary amides is 1. The lowest BCUT2D eigenvalue weighted by atomic mass is 10.0. The molecule has 0 bridgehead atoms. The van der Waals surface area contributed by atoms with E-state index >= 15 is 0 Å². The zero-order valence-electron chi connectivity index (χ0n) is 22.9. The fourth-order valence-corrected chi connectivity index (χ4v) is 6.50. The summed E-state index contributed by atoms with van der Waals surface area (Å²) < 4.78 is 29.1. The molecule has 2 aromatic carbocycles. The van der Waals surface area contributed by atoms with Crippen molar-refractivity contribution < 1.29 is 18.3 Å². The molecular formula is C31H29N5O5S. The van der Waals surface area contributed by atoms with Crippen LogP contribution < -0.4 is 11.3 Å². The van der Waals surface area contributed by atoms with Crippen LogP contribution in [-0.4, -0.2) is 34.0 Å². The Morgan fingerprint density at radius 1 is 1.17 bits per heavy atom. The molecule has 1 fully saturated rings. The summed E-state index contributed by atoms with van der Waals surface area (Å²) in [6.45, 7) is 1.86. The lowest BCUT2D eigenvalue weighted by Gasteiger charge is -2.23. The maximum Gasteiger partial charge on any atom is 0.277 e. The number of carbonyl (C=O) groups excluding carboxylic acids is 1. The van der Waals surface area contributed by atoms with Crippen LogP contribution in [0.2, 0.25) is 0 Å². The number of rotatable bonds is 10. The van der Waals surface area contributed by atoms with E-state index in [4.69, 9.17) is 5.73 Å². The van der Waals surface area contributed by atoms with E-state index < -0.39 is 38.1 Å². The minimum Gasteiger partial charge on any atom is -0.492 e. The molecule has 214 valence electrons. The van der Waals surface area contributed by atoms with Crippen LogP contribution in [0.5, 0.6) is 5.88 Å². The van der Waals surface area contributed by atoms with Crippen molar-refractivity contribution in [2.45, 2.75) is 54.9 Å². The predicted octanol–water partition coefficient (Wildman–Crippen LogP) is 3.70. The first-order valence-electron chi connectivity index (χ1n) is 13.6. The van der Waals surface area contributed by atoms with Gasteiger partial charge < -0.3 is 10.8 Å². The number of carbonyl (C=O) groups is 1. The van der Waals surface area contributed by atoms with Crippen molar-refractivity contribution in [2.24, 2.45) is 11.7 Å². The number of pyridine rings is 1. The van der Waals surface area contributed by atoms with Crippen molar-refractivity contribution in [2.75, 3.05) is 0 Å². The second-order valence-corrected chi connectivity index (χ2v) is 12.2. The number of sulfone groups is 1. The minimum absolute atomic E-state index is 0.0849. The normalized spacial score (nSPS) is 13.8. The van der Waals surface area contributed by atoms with Gasteiger partial charge in [0, 0.05) is 18.2 Å². The lowest BCUT2D eigenvalue weighted by Crippen LogP contribution is -2.33. The van der Waals surface area contributed by atoms with Gasteiger partial charge in [0.05, 0.1) is 34.7 Å². The van der Waals surface area contributed by atoms with Gasteiger partial charge in [-0.05, 0) is 66.6 Å². The van der Waals surface area contributed by atoms with Crippen LogP contribution >= 0.6 is 0 Å². The zero-order valence-corrected chi connectivity index (χ0v) is 23.7. The Morgan fingerprint density at radius 3 is 2.55 bits per heavy atom. The van der Waals surface area contributed by atoms with Crippen LogP contribution in [-0.2, 0) is 27.5 Å².